The molecule has 0 spiro atoms. The first-order valence-electron chi connectivity index (χ1n) is 8.40. The lowest BCUT2D eigenvalue weighted by molar-refractivity contribution is -0.153. The number of alkyl halides is 1. The maximum atomic E-state index is 14.3. The number of piperidine rings is 1. The lowest BCUT2D eigenvalue weighted by Gasteiger charge is -2.33. The topological polar surface area (TPSA) is 96.8 Å². The van der Waals surface area contributed by atoms with E-state index in [-0.39, 0.29) is 23.9 Å². The van der Waals surface area contributed by atoms with Crippen molar-refractivity contribution in [1.82, 2.24) is 9.29 Å². The van der Waals surface area contributed by atoms with Crippen molar-refractivity contribution in [2.45, 2.75) is 23.4 Å². The van der Waals surface area contributed by atoms with Gasteiger partial charge in [-0.05, 0) is 6.07 Å². The summed E-state index contributed by atoms with van der Waals surface area (Å²) in [7, 11) is -2.65. The van der Waals surface area contributed by atoms with Crippen molar-refractivity contribution in [2.75, 3.05) is 20.2 Å². The summed E-state index contributed by atoms with van der Waals surface area (Å²) in [4.78, 5) is 15.0. The van der Waals surface area contributed by atoms with Crippen molar-refractivity contribution in [3.05, 3.63) is 41.6 Å². The lowest BCUT2D eigenvalue weighted by Crippen LogP contribution is -2.48. The predicted octanol–water partition coefficient (Wildman–Crippen LogP) is 2.99. The number of carbonyl (C=O) groups is 1. The Balaban J connectivity index is 2.04. The molecule has 0 saturated carbocycles. The fourth-order valence-corrected chi connectivity index (χ4v) is 4.88. The predicted molar refractivity (Wildman–Crippen MR) is 101 cm³/mol. The van der Waals surface area contributed by atoms with E-state index in [1.807, 2.05) is 0 Å². The molecule has 0 radical (unpaired) electrons. The molecule has 1 fully saturated rings. The van der Waals surface area contributed by atoms with E-state index in [0.717, 1.165) is 4.31 Å². The molecule has 0 atom stereocenters. The number of pyridine rings is 1. The first kappa shape index (κ1) is 20.5. The number of sulfonamides is 1. The van der Waals surface area contributed by atoms with Crippen LogP contribution in [0.15, 0.2) is 41.4 Å². The Morgan fingerprint density at radius 1 is 1.29 bits per heavy atom. The van der Waals surface area contributed by atoms with Gasteiger partial charge in [0.1, 0.15) is 4.90 Å². The molecule has 3 rings (SSSR count). The maximum absolute atomic E-state index is 14.3. The number of nitrogens with zero attached hydrogens (tertiary/aromatic N) is 2. The molecule has 0 unspecified atom stereocenters. The molecule has 1 aromatic heterocycles. The van der Waals surface area contributed by atoms with Crippen molar-refractivity contribution in [3.63, 3.8) is 0 Å². The highest BCUT2D eigenvalue weighted by Gasteiger charge is 2.44. The number of aliphatic carboxylic acids is 1. The minimum absolute atomic E-state index is 0.108. The Labute approximate surface area is 166 Å². The van der Waals surface area contributed by atoms with Gasteiger partial charge in [-0.3, -0.25) is 0 Å². The molecule has 0 amide bonds. The third kappa shape index (κ3) is 3.69. The quantitative estimate of drug-likeness (QED) is 0.786. The summed E-state index contributed by atoms with van der Waals surface area (Å²) in [5, 5.41) is 9.35. The molecule has 0 aliphatic carbocycles. The molecule has 1 N–H and O–H groups in total. The van der Waals surface area contributed by atoms with Crippen LogP contribution in [0.1, 0.15) is 12.8 Å². The van der Waals surface area contributed by atoms with Gasteiger partial charge in [0.25, 0.3) is 0 Å². The van der Waals surface area contributed by atoms with Gasteiger partial charge < -0.3 is 9.84 Å². The number of hydrogen-bond acceptors (Lipinski definition) is 5. The van der Waals surface area contributed by atoms with Gasteiger partial charge in [0.2, 0.25) is 21.6 Å². The molecule has 10 heteroatoms. The first-order chi connectivity index (χ1) is 13.2. The van der Waals surface area contributed by atoms with Crippen LogP contribution >= 0.6 is 11.6 Å². The summed E-state index contributed by atoms with van der Waals surface area (Å²) in [5.74, 6) is -1.37. The van der Waals surface area contributed by atoms with Crippen LogP contribution in [0.4, 0.5) is 4.39 Å². The van der Waals surface area contributed by atoms with Crippen LogP contribution in [0.25, 0.3) is 11.1 Å². The van der Waals surface area contributed by atoms with E-state index in [9.17, 15) is 17.6 Å². The fourth-order valence-electron chi connectivity index (χ4n) is 3.06. The Bertz CT molecular complexity index is 1010. The van der Waals surface area contributed by atoms with Crippen LogP contribution in [-0.2, 0) is 14.8 Å². The normalized spacial score (nSPS) is 17.2. The third-order valence-electron chi connectivity index (χ3n) is 4.73. The van der Waals surface area contributed by atoms with E-state index >= 15 is 0 Å². The van der Waals surface area contributed by atoms with Crippen molar-refractivity contribution >= 4 is 27.6 Å². The fraction of sp³-hybridized carbons (Fsp3) is 0.333. The van der Waals surface area contributed by atoms with Crippen LogP contribution in [0.2, 0.25) is 5.02 Å². The van der Waals surface area contributed by atoms with Crippen LogP contribution in [0, 0.1) is 0 Å². The number of carboxylic acid groups (broad SMARTS) is 1. The van der Waals surface area contributed by atoms with E-state index in [1.165, 1.54) is 19.4 Å². The zero-order valence-electron chi connectivity index (χ0n) is 14.9. The molecule has 1 saturated heterocycles. The second-order valence-corrected chi connectivity index (χ2v) is 8.69. The summed E-state index contributed by atoms with van der Waals surface area (Å²) in [6.45, 7) is -0.502. The van der Waals surface area contributed by atoms with Gasteiger partial charge in [-0.25, -0.2) is 22.6 Å². The highest BCUT2D eigenvalue weighted by molar-refractivity contribution is 7.89. The van der Waals surface area contributed by atoms with Crippen LogP contribution in [-0.4, -0.2) is 54.7 Å². The van der Waals surface area contributed by atoms with E-state index < -0.39 is 34.5 Å². The molecule has 1 aromatic carbocycles. The van der Waals surface area contributed by atoms with Gasteiger partial charge >= 0.3 is 5.97 Å². The standard InChI is InChI=1S/C18H18ClFN2O5S/c1-27-16-10-13(12-4-2-3-5-14(12)19)15(11-21-16)28(25,26)22-8-6-18(20,7-9-22)17(23)24/h2-5,10-11H,6-9H2,1H3,(H,23,24). The van der Waals surface area contributed by atoms with Crippen molar-refractivity contribution < 1.29 is 27.4 Å². The monoisotopic (exact) mass is 428 g/mol. The average molecular weight is 429 g/mol. The van der Waals surface area contributed by atoms with Gasteiger partial charge in [-0.1, -0.05) is 29.8 Å². The van der Waals surface area contributed by atoms with Gasteiger partial charge in [0.05, 0.1) is 13.3 Å². The van der Waals surface area contributed by atoms with E-state index in [4.69, 9.17) is 21.4 Å². The molecular formula is C18H18ClFN2O5S. The third-order valence-corrected chi connectivity index (χ3v) is 6.99. The minimum Gasteiger partial charge on any atom is -0.481 e. The largest absolute Gasteiger partial charge is 0.481 e. The number of halogens is 2. The van der Waals surface area contributed by atoms with Crippen molar-refractivity contribution in [2.24, 2.45) is 0 Å². The lowest BCUT2D eigenvalue weighted by atomic mass is 9.95. The number of benzene rings is 1. The second-order valence-electron chi connectivity index (χ2n) is 6.38. The molecule has 28 heavy (non-hydrogen) atoms. The van der Waals surface area contributed by atoms with Gasteiger partial charge in [-0.2, -0.15) is 4.31 Å². The van der Waals surface area contributed by atoms with E-state index in [0.29, 0.717) is 16.1 Å². The summed E-state index contributed by atoms with van der Waals surface area (Å²) in [6, 6.07) is 8.20. The van der Waals surface area contributed by atoms with Crippen LogP contribution in [0.5, 0.6) is 5.88 Å². The molecule has 0 bridgehead atoms. The number of hydrogen-bond donors (Lipinski definition) is 1. The van der Waals surface area contributed by atoms with E-state index in [2.05, 4.69) is 4.98 Å². The molecule has 1 aliphatic heterocycles. The van der Waals surface area contributed by atoms with Gasteiger partial charge in [-0.15, -0.1) is 0 Å². The Morgan fingerprint density at radius 3 is 2.50 bits per heavy atom. The summed E-state index contributed by atoms with van der Waals surface area (Å²) in [6.07, 6.45) is 0.320. The number of ether oxygens (including phenoxy) is 1. The number of rotatable bonds is 5. The minimum atomic E-state index is -4.06. The Hall–Kier alpha value is -2.23. The second kappa shape index (κ2) is 7.65. The smallest absolute Gasteiger partial charge is 0.341 e. The number of aromatic nitrogens is 1. The average Bonchev–Trinajstić information content (AvgIpc) is 2.68. The maximum Gasteiger partial charge on any atom is 0.341 e. The van der Waals surface area contributed by atoms with Crippen LogP contribution < -0.4 is 4.74 Å². The highest BCUT2D eigenvalue weighted by Crippen LogP contribution is 2.37. The number of methoxy groups -OCH3 is 1. The highest BCUT2D eigenvalue weighted by atomic mass is 35.5. The zero-order valence-corrected chi connectivity index (χ0v) is 16.5. The number of carboxylic acids is 1. The van der Waals surface area contributed by atoms with Crippen LogP contribution in [0.3, 0.4) is 0 Å². The first-order valence-corrected chi connectivity index (χ1v) is 10.2. The summed E-state index contributed by atoms with van der Waals surface area (Å²) < 4.78 is 46.9. The molecule has 2 heterocycles. The zero-order chi connectivity index (χ0) is 20.5. The van der Waals surface area contributed by atoms with Gasteiger partial charge in [0.15, 0.2) is 0 Å². The molecule has 150 valence electrons. The molecule has 1 aliphatic rings. The van der Waals surface area contributed by atoms with Gasteiger partial charge in [0, 0.05) is 48.1 Å². The summed E-state index contributed by atoms with van der Waals surface area (Å²) >= 11 is 6.25. The molecular weight excluding hydrogens is 411 g/mol. The molecule has 7 nitrogen and oxygen atoms in total. The summed E-state index contributed by atoms with van der Waals surface area (Å²) in [5.41, 5.74) is -1.64. The SMILES string of the molecule is COc1cc(-c2ccccc2Cl)c(S(=O)(=O)N2CCC(F)(C(=O)O)CC2)cn1. The van der Waals surface area contributed by atoms with Crippen molar-refractivity contribution in [3.8, 4) is 17.0 Å². The van der Waals surface area contributed by atoms with E-state index in [1.54, 1.807) is 24.3 Å². The Morgan fingerprint density at radius 2 is 1.93 bits per heavy atom. The molecule has 2 aromatic rings. The van der Waals surface area contributed by atoms with Crippen molar-refractivity contribution in [1.29, 1.82) is 0 Å². The Kier molecular flexibility index (Phi) is 5.60.